The Hall–Kier alpha value is -1.71. The summed E-state index contributed by atoms with van der Waals surface area (Å²) in [5, 5.41) is 3.19. The van der Waals surface area contributed by atoms with Gasteiger partial charge in [0.25, 0.3) is 5.91 Å². The molecule has 0 saturated heterocycles. The van der Waals surface area contributed by atoms with Crippen LogP contribution in [0.15, 0.2) is 18.2 Å². The molecule has 0 atom stereocenters. The summed E-state index contributed by atoms with van der Waals surface area (Å²) in [5.74, 6) is 1.95. The summed E-state index contributed by atoms with van der Waals surface area (Å²) in [4.78, 5) is 12.3. The highest BCUT2D eigenvalue weighted by Crippen LogP contribution is 2.44. The topological polar surface area (TPSA) is 64.3 Å². The number of nitrogen functional groups attached to an aromatic ring is 1. The van der Waals surface area contributed by atoms with Crippen LogP contribution in [0.2, 0.25) is 0 Å². The van der Waals surface area contributed by atoms with Crippen LogP contribution in [0.5, 0.6) is 5.75 Å². The van der Waals surface area contributed by atoms with E-state index in [2.05, 4.69) is 5.32 Å². The average molecular weight is 260 g/mol. The lowest BCUT2D eigenvalue weighted by atomic mass is 10.1. The van der Waals surface area contributed by atoms with Gasteiger partial charge in [0.05, 0.1) is 12.8 Å². The maximum atomic E-state index is 12.3. The second-order valence-electron chi connectivity index (χ2n) is 5.63. The fourth-order valence-corrected chi connectivity index (χ4v) is 2.62. The first-order chi connectivity index (χ1) is 9.19. The van der Waals surface area contributed by atoms with Gasteiger partial charge >= 0.3 is 0 Å². The Labute approximate surface area is 113 Å². The van der Waals surface area contributed by atoms with E-state index in [1.165, 1.54) is 25.7 Å². The molecule has 1 aromatic carbocycles. The predicted octanol–water partition coefficient (Wildman–Crippen LogP) is 2.20. The molecule has 2 aliphatic rings. The van der Waals surface area contributed by atoms with E-state index < -0.39 is 0 Å². The second kappa shape index (κ2) is 4.76. The molecule has 2 saturated carbocycles. The number of rotatable bonds is 5. The smallest absolute Gasteiger partial charge is 0.251 e. The highest BCUT2D eigenvalue weighted by atomic mass is 16.5. The van der Waals surface area contributed by atoms with Crippen molar-refractivity contribution in [1.82, 2.24) is 5.32 Å². The summed E-state index contributed by atoms with van der Waals surface area (Å²) in [6, 6.07) is 5.55. The lowest BCUT2D eigenvalue weighted by molar-refractivity contribution is 0.0926. The molecule has 0 spiro atoms. The molecule has 0 aromatic heterocycles. The van der Waals surface area contributed by atoms with Gasteiger partial charge in [0, 0.05) is 11.6 Å². The molecule has 102 valence electrons. The highest BCUT2D eigenvalue weighted by Gasteiger charge is 2.42. The van der Waals surface area contributed by atoms with Crippen molar-refractivity contribution >= 4 is 11.6 Å². The van der Waals surface area contributed by atoms with Crippen molar-refractivity contribution < 1.29 is 9.53 Å². The normalized spacial score (nSPS) is 18.4. The van der Waals surface area contributed by atoms with Gasteiger partial charge in [-0.2, -0.15) is 0 Å². The largest absolute Gasteiger partial charge is 0.495 e. The summed E-state index contributed by atoms with van der Waals surface area (Å²) < 4.78 is 5.16. The highest BCUT2D eigenvalue weighted by molar-refractivity contribution is 5.95. The summed E-state index contributed by atoms with van der Waals surface area (Å²) in [5.41, 5.74) is 6.94. The average Bonchev–Trinajstić information content (AvgIpc) is 3.29. The molecule has 1 aromatic rings. The Balaban J connectivity index is 1.72. The molecule has 3 N–H and O–H groups in total. The van der Waals surface area contributed by atoms with E-state index in [-0.39, 0.29) is 5.91 Å². The molecule has 0 heterocycles. The van der Waals surface area contributed by atoms with Gasteiger partial charge < -0.3 is 15.8 Å². The van der Waals surface area contributed by atoms with Gasteiger partial charge in [0.2, 0.25) is 0 Å². The third kappa shape index (κ3) is 2.67. The number of nitrogens with one attached hydrogen (secondary N) is 1. The number of ether oxygens (including phenoxy) is 1. The fraction of sp³-hybridized carbons (Fsp3) is 0.533. The lowest BCUT2D eigenvalue weighted by Crippen LogP contribution is -2.38. The molecule has 0 aliphatic heterocycles. The molecule has 0 bridgehead atoms. The minimum atomic E-state index is -0.0119. The van der Waals surface area contributed by atoms with Gasteiger partial charge in [-0.25, -0.2) is 0 Å². The van der Waals surface area contributed by atoms with E-state index >= 15 is 0 Å². The maximum Gasteiger partial charge on any atom is 0.251 e. The Kier molecular flexibility index (Phi) is 3.09. The van der Waals surface area contributed by atoms with Gasteiger partial charge in [-0.15, -0.1) is 0 Å². The van der Waals surface area contributed by atoms with Crippen LogP contribution >= 0.6 is 0 Å². The molecule has 1 amide bonds. The van der Waals surface area contributed by atoms with Gasteiger partial charge in [-0.05, 0) is 55.7 Å². The first-order valence-corrected chi connectivity index (χ1v) is 6.93. The van der Waals surface area contributed by atoms with E-state index in [9.17, 15) is 4.79 Å². The molecular formula is C15H20N2O2. The van der Waals surface area contributed by atoms with Crippen LogP contribution in [0.1, 0.15) is 36.0 Å². The minimum absolute atomic E-state index is 0.0119. The van der Waals surface area contributed by atoms with Crippen LogP contribution in [0, 0.1) is 11.8 Å². The quantitative estimate of drug-likeness (QED) is 0.798. The molecule has 0 unspecified atom stereocenters. The third-order valence-electron chi connectivity index (χ3n) is 4.05. The zero-order valence-electron chi connectivity index (χ0n) is 11.2. The molecule has 2 fully saturated rings. The van der Waals surface area contributed by atoms with Crippen LogP contribution in [0.4, 0.5) is 5.69 Å². The van der Waals surface area contributed by atoms with Crippen LogP contribution in [0.3, 0.4) is 0 Å². The number of amides is 1. The zero-order valence-corrected chi connectivity index (χ0v) is 11.2. The van der Waals surface area contributed by atoms with Crippen LogP contribution in [-0.2, 0) is 0 Å². The number of anilines is 1. The van der Waals surface area contributed by atoms with Crippen molar-refractivity contribution in [2.75, 3.05) is 12.8 Å². The summed E-state index contributed by atoms with van der Waals surface area (Å²) >= 11 is 0. The maximum absolute atomic E-state index is 12.3. The second-order valence-corrected chi connectivity index (χ2v) is 5.63. The number of carbonyl (C=O) groups excluding carboxylic acids is 1. The van der Waals surface area contributed by atoms with E-state index in [0.717, 1.165) is 0 Å². The SMILES string of the molecule is COc1cc(C(=O)NC(C2CC2)C2CC2)ccc1N. The first-order valence-electron chi connectivity index (χ1n) is 6.93. The number of hydrogen-bond donors (Lipinski definition) is 2. The predicted molar refractivity (Wildman–Crippen MR) is 74.1 cm³/mol. The monoisotopic (exact) mass is 260 g/mol. The van der Waals surface area contributed by atoms with E-state index in [1.807, 2.05) is 0 Å². The number of nitrogens with two attached hydrogens (primary N) is 1. The van der Waals surface area contributed by atoms with Gasteiger partial charge in [0.15, 0.2) is 0 Å². The van der Waals surface area contributed by atoms with Crippen molar-refractivity contribution in [2.24, 2.45) is 11.8 Å². The van der Waals surface area contributed by atoms with Gasteiger partial charge in [0.1, 0.15) is 5.75 Å². The molecule has 2 aliphatic carbocycles. The number of benzene rings is 1. The molecular weight excluding hydrogens is 240 g/mol. The minimum Gasteiger partial charge on any atom is -0.495 e. The molecule has 19 heavy (non-hydrogen) atoms. The van der Waals surface area contributed by atoms with E-state index in [1.54, 1.807) is 25.3 Å². The van der Waals surface area contributed by atoms with Crippen molar-refractivity contribution in [3.8, 4) is 5.75 Å². The van der Waals surface area contributed by atoms with E-state index in [0.29, 0.717) is 34.9 Å². The first kappa shape index (κ1) is 12.3. The van der Waals surface area contributed by atoms with Gasteiger partial charge in [-0.3, -0.25) is 4.79 Å². The standard InChI is InChI=1S/C15H20N2O2/c1-19-13-8-11(6-7-12(13)16)15(18)17-14(9-2-3-9)10-4-5-10/h6-10,14H,2-5,16H2,1H3,(H,17,18). The van der Waals surface area contributed by atoms with Crippen molar-refractivity contribution in [2.45, 2.75) is 31.7 Å². The molecule has 0 radical (unpaired) electrons. The Morgan fingerprint density at radius 3 is 2.47 bits per heavy atom. The summed E-state index contributed by atoms with van der Waals surface area (Å²) in [7, 11) is 1.56. The van der Waals surface area contributed by atoms with Crippen molar-refractivity contribution in [1.29, 1.82) is 0 Å². The Morgan fingerprint density at radius 1 is 1.32 bits per heavy atom. The summed E-state index contributed by atoms with van der Waals surface area (Å²) in [6.07, 6.45) is 5.03. The molecule has 3 rings (SSSR count). The van der Waals surface area contributed by atoms with Crippen LogP contribution < -0.4 is 15.8 Å². The number of carbonyl (C=O) groups is 1. The number of methoxy groups -OCH3 is 1. The molecule has 4 nitrogen and oxygen atoms in total. The van der Waals surface area contributed by atoms with E-state index in [4.69, 9.17) is 10.5 Å². The summed E-state index contributed by atoms with van der Waals surface area (Å²) in [6.45, 7) is 0. The fourth-order valence-electron chi connectivity index (χ4n) is 2.62. The lowest BCUT2D eigenvalue weighted by Gasteiger charge is -2.18. The number of hydrogen-bond acceptors (Lipinski definition) is 3. The van der Waals surface area contributed by atoms with Crippen molar-refractivity contribution in [3.63, 3.8) is 0 Å². The van der Waals surface area contributed by atoms with Crippen LogP contribution in [-0.4, -0.2) is 19.1 Å². The van der Waals surface area contributed by atoms with Gasteiger partial charge in [-0.1, -0.05) is 0 Å². The molecule has 4 heteroatoms. The Bertz CT molecular complexity index is 481. The van der Waals surface area contributed by atoms with Crippen molar-refractivity contribution in [3.05, 3.63) is 23.8 Å². The third-order valence-corrected chi connectivity index (χ3v) is 4.05. The zero-order chi connectivity index (χ0) is 13.4. The van der Waals surface area contributed by atoms with Crippen LogP contribution in [0.25, 0.3) is 0 Å². The Morgan fingerprint density at radius 2 is 1.95 bits per heavy atom.